The molecular formula is C14H12N2O3. The fraction of sp³-hybridized carbons (Fsp3) is 0.143. The zero-order chi connectivity index (χ0) is 13.8. The maximum atomic E-state index is 12.0. The molecule has 5 nitrogen and oxygen atoms in total. The van der Waals surface area contributed by atoms with Crippen molar-refractivity contribution in [1.29, 1.82) is 0 Å². The standard InChI is InChI=1S/C14H12N2O3/c1-10-5-6-12(15-9-10)8-14(17)11-3-2-4-13(7-11)16(18)19/h2-7,9H,8H2,1H3. The summed E-state index contributed by atoms with van der Waals surface area (Å²) in [5.41, 5.74) is 1.92. The van der Waals surface area contributed by atoms with Crippen LogP contribution in [-0.4, -0.2) is 15.7 Å². The van der Waals surface area contributed by atoms with Crippen LogP contribution in [0.1, 0.15) is 21.6 Å². The Morgan fingerprint density at radius 2 is 2.11 bits per heavy atom. The number of aryl methyl sites for hydroxylation is 1. The molecule has 0 aliphatic heterocycles. The molecule has 0 saturated carbocycles. The SMILES string of the molecule is Cc1ccc(CC(=O)c2cccc([N+](=O)[O-])c2)nc1. The summed E-state index contributed by atoms with van der Waals surface area (Å²) >= 11 is 0. The molecule has 1 aromatic carbocycles. The van der Waals surface area contributed by atoms with Crippen LogP contribution in [0.5, 0.6) is 0 Å². The van der Waals surface area contributed by atoms with Crippen LogP contribution in [0.2, 0.25) is 0 Å². The normalized spacial score (nSPS) is 10.2. The molecule has 0 spiro atoms. The Bertz CT molecular complexity index is 621. The second kappa shape index (κ2) is 5.39. The first-order valence-electron chi connectivity index (χ1n) is 5.75. The number of hydrogen-bond donors (Lipinski definition) is 0. The molecule has 0 fully saturated rings. The lowest BCUT2D eigenvalue weighted by atomic mass is 10.1. The van der Waals surface area contributed by atoms with E-state index in [1.165, 1.54) is 18.2 Å². The van der Waals surface area contributed by atoms with Crippen molar-refractivity contribution < 1.29 is 9.72 Å². The lowest BCUT2D eigenvalue weighted by molar-refractivity contribution is -0.384. The van der Waals surface area contributed by atoms with E-state index in [0.29, 0.717) is 11.3 Å². The van der Waals surface area contributed by atoms with Crippen molar-refractivity contribution >= 4 is 11.5 Å². The first-order chi connectivity index (χ1) is 9.06. The van der Waals surface area contributed by atoms with Gasteiger partial charge in [-0.1, -0.05) is 18.2 Å². The number of nitro groups is 1. The van der Waals surface area contributed by atoms with E-state index >= 15 is 0 Å². The molecule has 0 atom stereocenters. The second-order valence-corrected chi connectivity index (χ2v) is 4.23. The van der Waals surface area contributed by atoms with Crippen LogP contribution in [0.3, 0.4) is 0 Å². The summed E-state index contributed by atoms with van der Waals surface area (Å²) < 4.78 is 0. The molecule has 0 N–H and O–H groups in total. The van der Waals surface area contributed by atoms with Gasteiger partial charge in [-0.25, -0.2) is 0 Å². The number of aromatic nitrogens is 1. The van der Waals surface area contributed by atoms with Crippen LogP contribution in [0.15, 0.2) is 42.6 Å². The maximum Gasteiger partial charge on any atom is 0.270 e. The van der Waals surface area contributed by atoms with E-state index in [9.17, 15) is 14.9 Å². The Labute approximate surface area is 110 Å². The summed E-state index contributed by atoms with van der Waals surface area (Å²) in [6, 6.07) is 9.39. The zero-order valence-electron chi connectivity index (χ0n) is 10.4. The molecule has 19 heavy (non-hydrogen) atoms. The van der Waals surface area contributed by atoms with E-state index in [1.807, 2.05) is 13.0 Å². The number of carbonyl (C=O) groups is 1. The molecule has 0 bridgehead atoms. The smallest absolute Gasteiger partial charge is 0.270 e. The van der Waals surface area contributed by atoms with E-state index in [0.717, 1.165) is 5.56 Å². The highest BCUT2D eigenvalue weighted by Gasteiger charge is 2.12. The third kappa shape index (κ3) is 3.22. The van der Waals surface area contributed by atoms with Gasteiger partial charge in [-0.15, -0.1) is 0 Å². The number of hydrogen-bond acceptors (Lipinski definition) is 4. The molecule has 5 heteroatoms. The number of Topliss-reactive ketones (excluding diaryl/α,β-unsaturated/α-hetero) is 1. The average Bonchev–Trinajstić information content (AvgIpc) is 2.41. The Balaban J connectivity index is 2.18. The Morgan fingerprint density at radius 3 is 2.74 bits per heavy atom. The number of pyridine rings is 1. The lowest BCUT2D eigenvalue weighted by Crippen LogP contribution is -2.05. The summed E-state index contributed by atoms with van der Waals surface area (Å²) in [4.78, 5) is 26.3. The van der Waals surface area contributed by atoms with Gasteiger partial charge < -0.3 is 0 Å². The highest BCUT2D eigenvalue weighted by Crippen LogP contribution is 2.15. The van der Waals surface area contributed by atoms with E-state index in [4.69, 9.17) is 0 Å². The number of nitrogens with zero attached hydrogens (tertiary/aromatic N) is 2. The van der Waals surface area contributed by atoms with Gasteiger partial charge in [0.2, 0.25) is 0 Å². The Morgan fingerprint density at radius 1 is 1.32 bits per heavy atom. The number of non-ortho nitro benzene ring substituents is 1. The predicted molar refractivity (Wildman–Crippen MR) is 70.1 cm³/mol. The molecule has 0 saturated heterocycles. The number of ketones is 1. The number of carbonyl (C=O) groups excluding carboxylic acids is 1. The molecule has 96 valence electrons. The van der Waals surface area contributed by atoms with Crippen LogP contribution in [0.4, 0.5) is 5.69 Å². The molecule has 0 unspecified atom stereocenters. The Kier molecular flexibility index (Phi) is 3.66. The fourth-order valence-electron chi connectivity index (χ4n) is 1.66. The topological polar surface area (TPSA) is 73.1 Å². The van der Waals surface area contributed by atoms with E-state index in [-0.39, 0.29) is 17.9 Å². The highest BCUT2D eigenvalue weighted by molar-refractivity contribution is 5.97. The minimum atomic E-state index is -0.513. The Hall–Kier alpha value is -2.56. The number of rotatable bonds is 4. The summed E-state index contributed by atoms with van der Waals surface area (Å²) in [6.45, 7) is 1.92. The van der Waals surface area contributed by atoms with Crippen molar-refractivity contribution in [3.05, 3.63) is 69.5 Å². The van der Waals surface area contributed by atoms with Crippen LogP contribution in [0.25, 0.3) is 0 Å². The number of nitro benzene ring substituents is 1. The molecular weight excluding hydrogens is 244 g/mol. The summed E-state index contributed by atoms with van der Waals surface area (Å²) in [5, 5.41) is 10.7. The second-order valence-electron chi connectivity index (χ2n) is 4.23. The van der Waals surface area contributed by atoms with Crippen molar-refractivity contribution in [1.82, 2.24) is 4.98 Å². The molecule has 0 aliphatic carbocycles. The third-order valence-corrected chi connectivity index (χ3v) is 2.69. The zero-order valence-corrected chi connectivity index (χ0v) is 10.4. The first kappa shape index (κ1) is 12.9. The first-order valence-corrected chi connectivity index (χ1v) is 5.75. The quantitative estimate of drug-likeness (QED) is 0.479. The van der Waals surface area contributed by atoms with Crippen molar-refractivity contribution in [3.8, 4) is 0 Å². The van der Waals surface area contributed by atoms with Crippen molar-refractivity contribution in [2.24, 2.45) is 0 Å². The van der Waals surface area contributed by atoms with Gasteiger partial charge in [-0.2, -0.15) is 0 Å². The van der Waals surface area contributed by atoms with Crippen molar-refractivity contribution in [2.75, 3.05) is 0 Å². The van der Waals surface area contributed by atoms with Gasteiger partial charge in [0.25, 0.3) is 5.69 Å². The summed E-state index contributed by atoms with van der Waals surface area (Å²) in [6.07, 6.45) is 1.83. The maximum absolute atomic E-state index is 12.0. The van der Waals surface area contributed by atoms with E-state index < -0.39 is 4.92 Å². The predicted octanol–water partition coefficient (Wildman–Crippen LogP) is 2.72. The van der Waals surface area contributed by atoms with E-state index in [2.05, 4.69) is 4.98 Å². The van der Waals surface area contributed by atoms with Gasteiger partial charge in [0, 0.05) is 29.6 Å². The van der Waals surface area contributed by atoms with Crippen LogP contribution < -0.4 is 0 Å². The molecule has 2 aromatic rings. The average molecular weight is 256 g/mol. The molecule has 0 radical (unpaired) electrons. The van der Waals surface area contributed by atoms with Crippen LogP contribution in [-0.2, 0) is 6.42 Å². The molecule has 0 amide bonds. The minimum absolute atomic E-state index is 0.0808. The van der Waals surface area contributed by atoms with Gasteiger partial charge in [0.15, 0.2) is 5.78 Å². The van der Waals surface area contributed by atoms with Crippen LogP contribution >= 0.6 is 0 Å². The summed E-state index contributed by atoms with van der Waals surface area (Å²) in [7, 11) is 0. The van der Waals surface area contributed by atoms with Gasteiger partial charge >= 0.3 is 0 Å². The molecule has 1 heterocycles. The molecule has 1 aromatic heterocycles. The summed E-state index contributed by atoms with van der Waals surface area (Å²) in [5.74, 6) is -0.181. The van der Waals surface area contributed by atoms with Gasteiger partial charge in [-0.05, 0) is 18.6 Å². The van der Waals surface area contributed by atoms with Crippen molar-refractivity contribution in [3.63, 3.8) is 0 Å². The fourth-order valence-corrected chi connectivity index (χ4v) is 1.66. The minimum Gasteiger partial charge on any atom is -0.294 e. The van der Waals surface area contributed by atoms with Gasteiger partial charge in [0.05, 0.1) is 11.3 Å². The lowest BCUT2D eigenvalue weighted by Gasteiger charge is -2.01. The number of benzene rings is 1. The van der Waals surface area contributed by atoms with Gasteiger partial charge in [-0.3, -0.25) is 19.9 Å². The largest absolute Gasteiger partial charge is 0.294 e. The highest BCUT2D eigenvalue weighted by atomic mass is 16.6. The third-order valence-electron chi connectivity index (χ3n) is 2.69. The van der Waals surface area contributed by atoms with E-state index in [1.54, 1.807) is 18.3 Å². The molecule has 0 aliphatic rings. The molecule has 2 rings (SSSR count). The van der Waals surface area contributed by atoms with Crippen molar-refractivity contribution in [2.45, 2.75) is 13.3 Å². The van der Waals surface area contributed by atoms with Crippen LogP contribution in [0, 0.1) is 17.0 Å². The monoisotopic (exact) mass is 256 g/mol. The van der Waals surface area contributed by atoms with Gasteiger partial charge in [0.1, 0.15) is 0 Å².